The number of H-pyrrole nitrogens is 6. The lowest BCUT2D eigenvalue weighted by Crippen LogP contribution is -2.13. The smallest absolute Gasteiger partial charge is 0.309 e. The number of aryl methyl sites for hydroxylation is 11. The summed E-state index contributed by atoms with van der Waals surface area (Å²) < 4.78 is 25.8. The molecule has 14 aromatic heterocycles. The van der Waals surface area contributed by atoms with E-state index in [0.717, 1.165) is 109 Å². The van der Waals surface area contributed by atoms with Crippen LogP contribution in [0.15, 0.2) is 182 Å². The monoisotopic (exact) mass is 2090 g/mol. The van der Waals surface area contributed by atoms with Crippen molar-refractivity contribution in [2.24, 2.45) is 0 Å². The second kappa shape index (κ2) is 56.0. The lowest BCUT2D eigenvalue weighted by atomic mass is 10.1. The molecule has 0 aliphatic heterocycles. The molecule has 14 rings (SSSR count). The summed E-state index contributed by atoms with van der Waals surface area (Å²) in [6, 6.07) is 12.5. The number of esters is 1. The maximum Gasteiger partial charge on any atom is 0.309 e. The third kappa shape index (κ3) is 38.1. The van der Waals surface area contributed by atoms with Crippen molar-refractivity contribution in [1.82, 2.24) is 105 Å². The summed E-state index contributed by atoms with van der Waals surface area (Å²) in [6.45, 7) is 22.2. The van der Waals surface area contributed by atoms with E-state index in [9.17, 15) is 33.0 Å². The molecular formula is C82H85Cl8N21O8S10. The molecule has 29 nitrogen and oxygen atoms in total. The van der Waals surface area contributed by atoms with Gasteiger partial charge < -0.3 is 29.7 Å². The van der Waals surface area contributed by atoms with Crippen LogP contribution >= 0.6 is 199 Å². The van der Waals surface area contributed by atoms with E-state index in [1.807, 2.05) is 84.0 Å². The Morgan fingerprint density at radius 1 is 0.450 bits per heavy atom. The van der Waals surface area contributed by atoms with Gasteiger partial charge in [0.15, 0.2) is 36.1 Å². The Kier molecular flexibility index (Phi) is 46.8. The Morgan fingerprint density at radius 3 is 1.26 bits per heavy atom. The normalized spacial score (nSPS) is 11.0. The number of carbonyl (C=O) groups excluding carboxylic acids is 1. The van der Waals surface area contributed by atoms with Crippen LogP contribution in [0.25, 0.3) is 0 Å². The van der Waals surface area contributed by atoms with E-state index in [-0.39, 0.29) is 64.4 Å². The molecule has 0 amide bonds. The fourth-order valence-electron chi connectivity index (χ4n) is 10.1. The highest BCUT2D eigenvalue weighted by Gasteiger charge is 2.18. The molecule has 0 aliphatic rings. The van der Waals surface area contributed by atoms with Crippen LogP contribution in [0.5, 0.6) is 5.88 Å². The van der Waals surface area contributed by atoms with E-state index in [2.05, 4.69) is 119 Å². The molecule has 6 N–H and O–H groups in total. The number of hydrogen-bond acceptors (Lipinski definition) is 32. The second-order valence-electron chi connectivity index (χ2n) is 26.1. The molecule has 0 saturated carbocycles. The number of halogens is 8. The highest BCUT2D eigenvalue weighted by molar-refractivity contribution is 7.99. The lowest BCUT2D eigenvalue weighted by molar-refractivity contribution is -0.132. The van der Waals surface area contributed by atoms with Gasteiger partial charge in [-0.3, -0.25) is 62.9 Å². The molecule has 0 radical (unpaired) electrons. The van der Waals surface area contributed by atoms with Gasteiger partial charge in [-0.2, -0.15) is 4.98 Å². The fourth-order valence-corrected chi connectivity index (χ4v) is 21.4. The molecule has 0 bridgehead atoms. The standard InChI is InChI=1S/C13H12ClN3O2S.C13H15N3OS.C11H9Cl2N3O2S.C11H9Cl2N3OS.C11H9Cl2N3S2.2C11H13N3OS2.CH4.ClH/c1-8-5-12(19-9(2)18)17-13(16-8)20-7-10-3-4-15-6-11(10)14;1-8-5-14-6-9(2)11(8)7-18-13-15-10(3)4-12(17)16-13;1-6-2-10(17)16-11(15-6)19(18)5-7-8(12)3-14-4-9(7)13;2*1-6-2-10(17)16-11(15-6)18-5-7-8(12)3-14-4-9(7)13;2*1-3-8-9(17-6-12-8)5-16-11-13-7(2)4-10(15)14-11;;/h3-6H,7H2,1-2H3;4-6H,7H2,1-3H3,(H,15,16,17);2-4H,5H2,1H3,(H,15,16,17);2*2-4H,5H2,1H3,(H,15,16,17);2*4,6H,3,5H2,1-2H3,(H,13,14,15);1H4;1H/i;;;5D;;;;;. The first kappa shape index (κ1) is 108. The molecule has 682 valence electrons. The van der Waals surface area contributed by atoms with Gasteiger partial charge in [-0.25, -0.2) is 44.9 Å². The lowest BCUT2D eigenvalue weighted by Gasteiger charge is -2.08. The summed E-state index contributed by atoms with van der Waals surface area (Å²) in [5.74, 6) is 3.54. The minimum atomic E-state index is -1.54. The molecule has 0 aromatic carbocycles. The van der Waals surface area contributed by atoms with Crippen molar-refractivity contribution in [3.63, 3.8) is 0 Å². The molecule has 0 saturated heterocycles. The maximum atomic E-state index is 12.2. The van der Waals surface area contributed by atoms with E-state index in [4.69, 9.17) is 99.5 Å². The summed E-state index contributed by atoms with van der Waals surface area (Å²) in [5.41, 5.74) is 15.7. The van der Waals surface area contributed by atoms with Crippen molar-refractivity contribution in [1.29, 1.82) is 0 Å². The minimum absolute atomic E-state index is 0. The fraction of sp³-hybridized carbons (Fsp3) is 0.268. The first-order valence-electron chi connectivity index (χ1n) is 37.8. The Labute approximate surface area is 826 Å². The van der Waals surface area contributed by atoms with Crippen molar-refractivity contribution in [3.8, 4) is 5.88 Å². The van der Waals surface area contributed by atoms with Crippen LogP contribution in [-0.2, 0) is 68.7 Å². The van der Waals surface area contributed by atoms with Crippen molar-refractivity contribution in [2.45, 2.75) is 180 Å². The third-order valence-electron chi connectivity index (χ3n) is 15.9. The van der Waals surface area contributed by atoms with Gasteiger partial charge in [0.05, 0.1) is 74.1 Å². The molecule has 0 spiro atoms. The SMILES string of the molecule is C.CC(=O)Oc1cc(C)nc(SCc2ccncc2Cl)n1.CCc1ncsc1CSc1nc(C)cc(=O)[nH]1.CCc1ncsc1CSc1nc(C)cc(=O)[nH]1.Cc1cc(=O)[nH]c(S(=O)Cc2c(Cl)cncc2Cl)n1.Cc1cc(=O)[nH]c(SCc2c(C)cncc2C)n1.Cc1cc(=S)nc(SCc2c(Cl)cncc2Cl)[nH]1.Cl.[2H]C(Sc1nc(C)cc(=O)[nH]1)c1c(Cl)cncc1Cl. The summed E-state index contributed by atoms with van der Waals surface area (Å²) in [6.07, 6.45) is 17.7. The zero-order valence-electron chi connectivity index (χ0n) is 70.9. The first-order chi connectivity index (χ1) is 61.0. The van der Waals surface area contributed by atoms with Crippen molar-refractivity contribution in [3.05, 3.63) is 313 Å². The van der Waals surface area contributed by atoms with Crippen LogP contribution in [-0.4, -0.2) is 115 Å². The van der Waals surface area contributed by atoms with E-state index < -0.39 is 22.5 Å². The predicted octanol–water partition coefficient (Wildman–Crippen LogP) is 20.9. The molecule has 14 heterocycles. The van der Waals surface area contributed by atoms with Crippen LogP contribution in [0.4, 0.5) is 0 Å². The van der Waals surface area contributed by atoms with E-state index in [1.165, 1.54) is 136 Å². The molecule has 2 unspecified atom stereocenters. The summed E-state index contributed by atoms with van der Waals surface area (Å²) in [5, 5.41) is 6.76. The summed E-state index contributed by atoms with van der Waals surface area (Å²) in [4.78, 5) is 148. The predicted molar refractivity (Wildman–Crippen MR) is 530 cm³/mol. The number of thioether (sulfide) groups is 6. The summed E-state index contributed by atoms with van der Waals surface area (Å²) in [7, 11) is -1.54. The largest absolute Gasteiger partial charge is 0.407 e. The number of aromatic amines is 6. The van der Waals surface area contributed by atoms with Gasteiger partial charge in [0.25, 0.3) is 27.8 Å². The topological polar surface area (TPSA) is 417 Å². The van der Waals surface area contributed by atoms with Crippen molar-refractivity contribution < 1.29 is 15.1 Å². The number of rotatable bonds is 24. The Bertz CT molecular complexity index is 6270. The average Bonchev–Trinajstić information content (AvgIpc) is 1.13. The zero-order chi connectivity index (χ0) is 93.3. The van der Waals surface area contributed by atoms with Crippen LogP contribution in [0.3, 0.4) is 0 Å². The Hall–Kier alpha value is -8.17. The molecule has 2 atom stereocenters. The van der Waals surface area contributed by atoms with Crippen LogP contribution < -0.4 is 32.5 Å². The number of ether oxygens (including phenoxy) is 1. The Balaban J connectivity index is 0.000000233. The average molecular weight is 2100 g/mol. The van der Waals surface area contributed by atoms with Gasteiger partial charge in [-0.05, 0) is 110 Å². The molecular weight excluding hydrogens is 2010 g/mol. The van der Waals surface area contributed by atoms with Crippen LogP contribution in [0.2, 0.25) is 35.2 Å². The highest BCUT2D eigenvalue weighted by Crippen LogP contribution is 2.34. The van der Waals surface area contributed by atoms with Gasteiger partial charge in [-0.1, -0.05) is 185 Å². The van der Waals surface area contributed by atoms with Gasteiger partial charge >= 0.3 is 5.97 Å². The van der Waals surface area contributed by atoms with Crippen LogP contribution in [0.1, 0.15) is 130 Å². The van der Waals surface area contributed by atoms with Gasteiger partial charge in [0, 0.05) is 207 Å². The zero-order valence-corrected chi connectivity index (χ0v) is 84.2. The number of aromatic nitrogens is 21. The molecule has 47 heteroatoms. The van der Waals surface area contributed by atoms with Crippen molar-refractivity contribution >= 4 is 216 Å². The molecule has 0 fully saturated rings. The van der Waals surface area contributed by atoms with Gasteiger partial charge in [-0.15, -0.1) is 35.1 Å². The first-order valence-corrected chi connectivity index (χ1v) is 49.2. The number of hydrogen-bond donors (Lipinski definition) is 6. The van der Waals surface area contributed by atoms with E-state index >= 15 is 0 Å². The number of nitrogens with one attached hydrogen (secondary N) is 6. The van der Waals surface area contributed by atoms with E-state index in [0.29, 0.717) is 99.6 Å². The quantitative estimate of drug-likeness (QED) is 0.0142. The number of pyridine rings is 5. The third-order valence-corrected chi connectivity index (χ3v) is 26.9. The molecule has 14 aromatic rings. The number of thiazole rings is 2. The maximum absolute atomic E-state index is 12.2. The molecule has 129 heavy (non-hydrogen) atoms. The highest BCUT2D eigenvalue weighted by atomic mass is 35.5. The van der Waals surface area contributed by atoms with Gasteiger partial charge in [0.2, 0.25) is 5.88 Å². The Morgan fingerprint density at radius 2 is 0.837 bits per heavy atom. The second-order valence-corrected chi connectivity index (χ2v) is 38.3. The number of carbonyl (C=O) groups is 1. The van der Waals surface area contributed by atoms with Gasteiger partial charge in [0.1, 0.15) is 4.64 Å². The van der Waals surface area contributed by atoms with E-state index in [1.54, 1.807) is 67.4 Å². The minimum Gasteiger partial charge on any atom is -0.407 e. The summed E-state index contributed by atoms with van der Waals surface area (Å²) >= 11 is 58.9. The molecule has 0 aliphatic carbocycles. The van der Waals surface area contributed by atoms with Crippen LogP contribution in [0, 0.1) is 67.0 Å². The number of nitrogens with zero attached hydrogens (tertiary/aromatic N) is 15. The van der Waals surface area contributed by atoms with Crippen molar-refractivity contribution in [2.75, 3.05) is 0 Å².